The van der Waals surface area contributed by atoms with Crippen LogP contribution in [0.25, 0.3) is 0 Å². The van der Waals surface area contributed by atoms with Crippen molar-refractivity contribution in [2.45, 2.75) is 104 Å². The molecule has 0 spiro atoms. The number of benzene rings is 2. The number of para-hydroxylation sites is 1. The van der Waals surface area contributed by atoms with E-state index in [-0.39, 0.29) is 34.5 Å². The number of hydrazine groups is 1. The summed E-state index contributed by atoms with van der Waals surface area (Å²) < 4.78 is 0. The molecule has 2 rings (SSSR count). The van der Waals surface area contributed by atoms with Crippen LogP contribution in [-0.4, -0.2) is 33.6 Å². The summed E-state index contributed by atoms with van der Waals surface area (Å²) in [7, 11) is 0. The van der Waals surface area contributed by atoms with Crippen molar-refractivity contribution in [2.75, 3.05) is 6.54 Å². The predicted molar refractivity (Wildman–Crippen MR) is 150 cm³/mol. The van der Waals surface area contributed by atoms with Crippen LogP contribution in [0.5, 0.6) is 11.5 Å². The maximum Gasteiger partial charge on any atom is 0.278 e. The Morgan fingerprint density at radius 3 is 1.97 bits per heavy atom. The minimum absolute atomic E-state index is 0.0870. The van der Waals surface area contributed by atoms with Crippen LogP contribution in [-0.2, 0) is 22.0 Å². The van der Waals surface area contributed by atoms with Crippen molar-refractivity contribution in [3.63, 3.8) is 0 Å². The van der Waals surface area contributed by atoms with Crippen LogP contribution in [0, 0.1) is 0 Å². The van der Waals surface area contributed by atoms with Crippen molar-refractivity contribution < 1.29 is 19.8 Å². The third-order valence-electron chi connectivity index (χ3n) is 6.55. The molecule has 0 unspecified atom stereocenters. The van der Waals surface area contributed by atoms with Gasteiger partial charge in [-0.15, -0.1) is 0 Å². The minimum Gasteiger partial charge on any atom is -0.507 e. The predicted octanol–water partition coefficient (Wildman–Crippen LogP) is 6.77. The number of phenolic OH excluding ortho intramolecular Hbond substituents is 2. The van der Waals surface area contributed by atoms with Gasteiger partial charge in [0.25, 0.3) is 5.91 Å². The average Bonchev–Trinajstić information content (AvgIpc) is 2.81. The Morgan fingerprint density at radius 2 is 1.43 bits per heavy atom. The summed E-state index contributed by atoms with van der Waals surface area (Å²) in [6, 6.07) is 10.2. The lowest BCUT2D eigenvalue weighted by molar-refractivity contribution is -0.131. The van der Waals surface area contributed by atoms with Crippen molar-refractivity contribution in [1.29, 1.82) is 0 Å². The first-order chi connectivity index (χ1) is 17.3. The molecule has 6 heteroatoms. The van der Waals surface area contributed by atoms with Crippen LogP contribution in [0.4, 0.5) is 0 Å². The summed E-state index contributed by atoms with van der Waals surface area (Å²) in [5.41, 5.74) is 5.20. The third-order valence-corrected chi connectivity index (χ3v) is 6.55. The number of unbranched alkanes of at least 4 members (excludes halogenated alkanes) is 4. The second-order valence-corrected chi connectivity index (χ2v) is 11.9. The first-order valence-electron chi connectivity index (χ1n) is 13.5. The quantitative estimate of drug-likeness (QED) is 0.229. The molecule has 0 aliphatic rings. The van der Waals surface area contributed by atoms with Gasteiger partial charge in [0, 0.05) is 13.0 Å². The summed E-state index contributed by atoms with van der Waals surface area (Å²) in [5.74, 6) is -0.771. The molecule has 0 saturated heterocycles. The molecule has 2 aromatic carbocycles. The Hall–Kier alpha value is -2.86. The van der Waals surface area contributed by atoms with Gasteiger partial charge >= 0.3 is 0 Å². The molecule has 3 N–H and O–H groups in total. The standard InChI is InChI=1S/C31H46N2O4/c1-8-9-10-11-14-19-32-33(29(37)23-15-12-13-16-26(23)34)27(35)18-17-22-20-24(30(2,3)4)28(36)25(21-22)31(5,6)7/h12-13,15-16,20-21,32,34,36H,8-11,14,17-19H2,1-7H3. The molecular weight excluding hydrogens is 464 g/mol. The van der Waals surface area contributed by atoms with Gasteiger partial charge in [-0.3, -0.25) is 9.59 Å². The zero-order valence-corrected chi connectivity index (χ0v) is 23.8. The number of rotatable bonds is 11. The summed E-state index contributed by atoms with van der Waals surface area (Å²) in [4.78, 5) is 26.6. The van der Waals surface area contributed by atoms with E-state index in [4.69, 9.17) is 0 Å². The van der Waals surface area contributed by atoms with Crippen LogP contribution < -0.4 is 5.43 Å². The van der Waals surface area contributed by atoms with E-state index in [9.17, 15) is 19.8 Å². The molecule has 0 bridgehead atoms. The van der Waals surface area contributed by atoms with Crippen molar-refractivity contribution >= 4 is 11.8 Å². The van der Waals surface area contributed by atoms with E-state index in [0.29, 0.717) is 18.7 Å². The van der Waals surface area contributed by atoms with Crippen LogP contribution in [0.1, 0.15) is 114 Å². The molecule has 37 heavy (non-hydrogen) atoms. The Labute approximate surface area is 223 Å². The van der Waals surface area contributed by atoms with Crippen molar-refractivity contribution in [3.05, 3.63) is 58.7 Å². The van der Waals surface area contributed by atoms with Gasteiger partial charge in [-0.05, 0) is 52.5 Å². The summed E-state index contributed by atoms with van der Waals surface area (Å²) >= 11 is 0. The molecule has 2 amide bonds. The van der Waals surface area contributed by atoms with Crippen molar-refractivity contribution in [1.82, 2.24) is 10.4 Å². The fourth-order valence-corrected chi connectivity index (χ4v) is 4.31. The smallest absolute Gasteiger partial charge is 0.278 e. The lowest BCUT2D eigenvalue weighted by Gasteiger charge is -2.28. The fraction of sp³-hybridized carbons (Fsp3) is 0.548. The first kappa shape index (κ1) is 30.4. The van der Waals surface area contributed by atoms with E-state index in [0.717, 1.165) is 47.4 Å². The molecule has 0 fully saturated rings. The SMILES string of the molecule is CCCCCCCNN(C(=O)CCc1cc(C(C)(C)C)c(O)c(C(C)(C)C)c1)C(=O)c1ccccc1O. The lowest BCUT2D eigenvalue weighted by atomic mass is 9.78. The monoisotopic (exact) mass is 510 g/mol. The zero-order valence-electron chi connectivity index (χ0n) is 23.8. The maximum absolute atomic E-state index is 13.4. The first-order valence-corrected chi connectivity index (χ1v) is 13.5. The molecule has 6 nitrogen and oxygen atoms in total. The van der Waals surface area contributed by atoms with Crippen LogP contribution in [0.15, 0.2) is 36.4 Å². The number of hydrogen-bond acceptors (Lipinski definition) is 5. The number of carbonyl (C=O) groups is 2. The van der Waals surface area contributed by atoms with Crippen LogP contribution in [0.3, 0.4) is 0 Å². The normalized spacial score (nSPS) is 12.0. The molecule has 0 aliphatic heterocycles. The highest BCUT2D eigenvalue weighted by Crippen LogP contribution is 2.40. The van der Waals surface area contributed by atoms with E-state index >= 15 is 0 Å². The second-order valence-electron chi connectivity index (χ2n) is 11.9. The fourth-order valence-electron chi connectivity index (χ4n) is 4.31. The highest BCUT2D eigenvalue weighted by Gasteiger charge is 2.28. The Kier molecular flexibility index (Phi) is 10.7. The van der Waals surface area contributed by atoms with Gasteiger partial charge < -0.3 is 10.2 Å². The summed E-state index contributed by atoms with van der Waals surface area (Å²) in [5, 5.41) is 22.3. The van der Waals surface area contributed by atoms with Gasteiger partial charge in [-0.2, -0.15) is 0 Å². The molecule has 0 heterocycles. The molecular formula is C31H46N2O4. The molecule has 0 aromatic heterocycles. The van der Waals surface area contributed by atoms with E-state index in [1.165, 1.54) is 18.6 Å². The van der Waals surface area contributed by atoms with Gasteiger partial charge in [0.1, 0.15) is 11.5 Å². The second kappa shape index (κ2) is 13.1. The Bertz CT molecular complexity index is 1030. The molecule has 0 radical (unpaired) electrons. The van der Waals surface area contributed by atoms with Gasteiger partial charge in [-0.1, -0.05) is 98.4 Å². The average molecular weight is 511 g/mol. The Morgan fingerprint density at radius 1 is 0.865 bits per heavy atom. The van der Waals surface area contributed by atoms with Gasteiger partial charge in [0.05, 0.1) is 5.56 Å². The summed E-state index contributed by atoms with van der Waals surface area (Å²) in [6.07, 6.45) is 5.83. The number of nitrogens with one attached hydrogen (secondary N) is 1. The van der Waals surface area contributed by atoms with E-state index in [1.807, 2.05) is 12.1 Å². The molecule has 0 saturated carbocycles. The molecule has 0 aliphatic carbocycles. The van der Waals surface area contributed by atoms with Crippen LogP contribution >= 0.6 is 0 Å². The Balaban J connectivity index is 2.26. The number of aromatic hydroxyl groups is 2. The molecule has 0 atom stereocenters. The highest BCUT2D eigenvalue weighted by atomic mass is 16.3. The van der Waals surface area contributed by atoms with E-state index < -0.39 is 5.91 Å². The largest absolute Gasteiger partial charge is 0.507 e. The van der Waals surface area contributed by atoms with Crippen molar-refractivity contribution in [3.8, 4) is 11.5 Å². The van der Waals surface area contributed by atoms with E-state index in [2.05, 4.69) is 53.9 Å². The number of amides is 2. The van der Waals surface area contributed by atoms with Crippen molar-refractivity contribution in [2.24, 2.45) is 0 Å². The number of hydrogen-bond donors (Lipinski definition) is 3. The van der Waals surface area contributed by atoms with Gasteiger partial charge in [0.15, 0.2) is 0 Å². The van der Waals surface area contributed by atoms with Crippen LogP contribution in [0.2, 0.25) is 0 Å². The number of nitrogens with zero attached hydrogens (tertiary/aromatic N) is 1. The zero-order chi connectivity index (χ0) is 27.8. The lowest BCUT2D eigenvalue weighted by Crippen LogP contribution is -2.47. The maximum atomic E-state index is 13.4. The third kappa shape index (κ3) is 8.60. The summed E-state index contributed by atoms with van der Waals surface area (Å²) in [6.45, 7) is 15.0. The number of phenols is 2. The number of aryl methyl sites for hydroxylation is 1. The number of carbonyl (C=O) groups excluding carboxylic acids is 2. The minimum atomic E-state index is -0.562. The number of imide groups is 1. The van der Waals surface area contributed by atoms with Gasteiger partial charge in [-0.25, -0.2) is 10.4 Å². The van der Waals surface area contributed by atoms with Gasteiger partial charge in [0.2, 0.25) is 5.91 Å². The van der Waals surface area contributed by atoms with E-state index in [1.54, 1.807) is 12.1 Å². The molecule has 204 valence electrons. The topological polar surface area (TPSA) is 89.9 Å². The molecule has 2 aromatic rings. The highest BCUT2D eigenvalue weighted by molar-refractivity contribution is 6.05.